The number of hydrogen-bond donors (Lipinski definition) is 2. The van der Waals surface area contributed by atoms with E-state index >= 15 is 0 Å². The van der Waals surface area contributed by atoms with E-state index in [1.807, 2.05) is 6.07 Å². The highest BCUT2D eigenvalue weighted by Crippen LogP contribution is 2.19. The molecule has 0 aromatic heterocycles. The lowest BCUT2D eigenvalue weighted by atomic mass is 10.1. The van der Waals surface area contributed by atoms with Crippen LogP contribution in [0.4, 0.5) is 5.69 Å². The van der Waals surface area contributed by atoms with Gasteiger partial charge in [0.15, 0.2) is 0 Å². The molecular weight excluding hydrogens is 210 g/mol. The third-order valence-corrected chi connectivity index (χ3v) is 2.95. The van der Waals surface area contributed by atoms with E-state index in [0.29, 0.717) is 12.5 Å². The molecule has 3 N–H and O–H groups in total. The van der Waals surface area contributed by atoms with Gasteiger partial charge in [-0.05, 0) is 25.5 Å². The van der Waals surface area contributed by atoms with Gasteiger partial charge in [-0.2, -0.15) is 0 Å². The molecule has 3 nitrogen and oxygen atoms in total. The van der Waals surface area contributed by atoms with Crippen molar-refractivity contribution in [1.29, 1.82) is 5.41 Å². The van der Waals surface area contributed by atoms with Gasteiger partial charge in [-0.25, -0.2) is 0 Å². The second-order valence-electron chi connectivity index (χ2n) is 4.44. The Morgan fingerprint density at radius 3 is 2.53 bits per heavy atom. The molecule has 1 rings (SSSR count). The van der Waals surface area contributed by atoms with Crippen molar-refractivity contribution in [2.45, 2.75) is 39.2 Å². The lowest BCUT2D eigenvalue weighted by Gasteiger charge is -2.31. The third kappa shape index (κ3) is 4.47. The summed E-state index contributed by atoms with van der Waals surface area (Å²) < 4.78 is 0. The fraction of sp³-hybridized carbons (Fsp3) is 0.500. The van der Waals surface area contributed by atoms with Crippen LogP contribution in [0.3, 0.4) is 0 Å². The van der Waals surface area contributed by atoms with Crippen molar-refractivity contribution in [2.24, 2.45) is 5.73 Å². The average molecular weight is 233 g/mol. The maximum Gasteiger partial charge on any atom is 0.0923 e. The van der Waals surface area contributed by atoms with Crippen LogP contribution in [0.5, 0.6) is 0 Å². The number of hydrogen-bond acceptors (Lipinski definition) is 2. The maximum absolute atomic E-state index is 7.34. The molecule has 0 saturated heterocycles. The summed E-state index contributed by atoms with van der Waals surface area (Å²) in [5, 5.41) is 7.34. The fourth-order valence-corrected chi connectivity index (χ4v) is 2.04. The van der Waals surface area contributed by atoms with Crippen molar-refractivity contribution >= 4 is 11.5 Å². The Balaban J connectivity index is 2.75. The molecule has 0 amide bonds. The van der Waals surface area contributed by atoms with Crippen molar-refractivity contribution in [1.82, 2.24) is 0 Å². The van der Waals surface area contributed by atoms with E-state index in [9.17, 15) is 0 Å². The van der Waals surface area contributed by atoms with Gasteiger partial charge in [0.25, 0.3) is 0 Å². The van der Waals surface area contributed by atoms with Crippen LogP contribution in [0.25, 0.3) is 0 Å². The van der Waals surface area contributed by atoms with Gasteiger partial charge in [-0.3, -0.25) is 5.41 Å². The van der Waals surface area contributed by atoms with Gasteiger partial charge in [-0.1, -0.05) is 31.5 Å². The lowest BCUT2D eigenvalue weighted by Crippen LogP contribution is -2.35. The average Bonchev–Trinajstić information content (AvgIpc) is 2.30. The van der Waals surface area contributed by atoms with E-state index in [4.69, 9.17) is 11.1 Å². The molecule has 0 heterocycles. The van der Waals surface area contributed by atoms with Crippen molar-refractivity contribution in [3.05, 3.63) is 30.3 Å². The summed E-state index contributed by atoms with van der Waals surface area (Å²) in [5.74, 6) is 0.259. The summed E-state index contributed by atoms with van der Waals surface area (Å²) in [7, 11) is 0. The molecule has 0 bridgehead atoms. The van der Waals surface area contributed by atoms with Crippen molar-refractivity contribution in [3.63, 3.8) is 0 Å². The summed E-state index contributed by atoms with van der Waals surface area (Å²) in [6.07, 6.45) is 2.96. The second kappa shape index (κ2) is 6.94. The van der Waals surface area contributed by atoms with Crippen LogP contribution in [0.1, 0.15) is 33.1 Å². The number of benzene rings is 1. The molecule has 0 radical (unpaired) electrons. The van der Waals surface area contributed by atoms with Crippen molar-refractivity contribution in [3.8, 4) is 0 Å². The summed E-state index contributed by atoms with van der Waals surface area (Å²) >= 11 is 0. The minimum atomic E-state index is 0.259. The predicted octanol–water partition coefficient (Wildman–Crippen LogP) is 3.01. The Labute approximate surface area is 104 Å². The molecule has 1 atom stereocenters. The normalized spacial score (nSPS) is 12.1. The molecule has 1 aromatic carbocycles. The van der Waals surface area contributed by atoms with Crippen LogP contribution in [0, 0.1) is 5.41 Å². The number of nitrogens with zero attached hydrogens (tertiary/aromatic N) is 1. The molecule has 17 heavy (non-hydrogen) atoms. The van der Waals surface area contributed by atoms with E-state index in [1.165, 1.54) is 12.1 Å². The summed E-state index contributed by atoms with van der Waals surface area (Å²) in [4.78, 5) is 2.34. The number of anilines is 1. The first kappa shape index (κ1) is 13.6. The number of nitrogens with one attached hydrogen (secondary N) is 1. The Kier molecular flexibility index (Phi) is 5.53. The molecule has 0 aliphatic carbocycles. The third-order valence-electron chi connectivity index (χ3n) is 2.95. The fourth-order valence-electron chi connectivity index (χ4n) is 2.04. The largest absolute Gasteiger partial charge is 0.388 e. The Morgan fingerprint density at radius 1 is 1.35 bits per heavy atom. The van der Waals surface area contributed by atoms with Crippen molar-refractivity contribution in [2.75, 3.05) is 11.4 Å². The monoisotopic (exact) mass is 233 g/mol. The Bertz CT molecular complexity index is 335. The first-order chi connectivity index (χ1) is 8.15. The molecule has 0 aliphatic rings. The predicted molar refractivity (Wildman–Crippen MR) is 74.7 cm³/mol. The highest BCUT2D eigenvalue weighted by molar-refractivity contribution is 5.77. The maximum atomic E-state index is 7.34. The molecule has 1 aromatic rings. The molecule has 0 fully saturated rings. The molecule has 0 saturated carbocycles. The minimum absolute atomic E-state index is 0.259. The number of para-hydroxylation sites is 1. The summed E-state index contributed by atoms with van der Waals surface area (Å²) in [6, 6.07) is 10.8. The Morgan fingerprint density at radius 2 is 2.00 bits per heavy atom. The Hall–Kier alpha value is -1.51. The minimum Gasteiger partial charge on any atom is -0.388 e. The standard InChI is InChI=1S/C14H23N3/c1-3-7-12(2)17(11-10-14(15)16)13-8-5-4-6-9-13/h4-6,8-9,12H,3,7,10-11H2,1-2H3,(H3,15,16). The molecule has 94 valence electrons. The smallest absolute Gasteiger partial charge is 0.0923 e. The highest BCUT2D eigenvalue weighted by atomic mass is 15.2. The van der Waals surface area contributed by atoms with Crippen LogP contribution in [0.15, 0.2) is 30.3 Å². The SMILES string of the molecule is CCCC(C)N(CCC(=N)N)c1ccccc1. The summed E-state index contributed by atoms with van der Waals surface area (Å²) in [6.45, 7) is 5.25. The van der Waals surface area contributed by atoms with Gasteiger partial charge in [0.2, 0.25) is 0 Å². The van der Waals surface area contributed by atoms with E-state index < -0.39 is 0 Å². The van der Waals surface area contributed by atoms with E-state index in [1.54, 1.807) is 0 Å². The first-order valence-electron chi connectivity index (χ1n) is 6.29. The molecule has 0 aliphatic heterocycles. The van der Waals surface area contributed by atoms with Crippen LogP contribution in [0.2, 0.25) is 0 Å². The van der Waals surface area contributed by atoms with Crippen molar-refractivity contribution < 1.29 is 0 Å². The van der Waals surface area contributed by atoms with Gasteiger partial charge < -0.3 is 10.6 Å². The highest BCUT2D eigenvalue weighted by Gasteiger charge is 2.13. The number of rotatable bonds is 7. The van der Waals surface area contributed by atoms with Crippen LogP contribution in [-0.2, 0) is 0 Å². The second-order valence-corrected chi connectivity index (χ2v) is 4.44. The topological polar surface area (TPSA) is 53.1 Å². The zero-order valence-corrected chi connectivity index (χ0v) is 10.8. The van der Waals surface area contributed by atoms with Crippen LogP contribution in [-0.4, -0.2) is 18.4 Å². The first-order valence-corrected chi connectivity index (χ1v) is 6.29. The van der Waals surface area contributed by atoms with Crippen LogP contribution >= 0.6 is 0 Å². The quantitative estimate of drug-likeness (QED) is 0.562. The molecule has 1 unspecified atom stereocenters. The van der Waals surface area contributed by atoms with E-state index in [2.05, 4.69) is 43.0 Å². The number of amidine groups is 1. The van der Waals surface area contributed by atoms with Gasteiger partial charge in [-0.15, -0.1) is 0 Å². The van der Waals surface area contributed by atoms with E-state index in [0.717, 1.165) is 13.0 Å². The summed E-state index contributed by atoms with van der Waals surface area (Å²) in [5.41, 5.74) is 6.67. The van der Waals surface area contributed by atoms with Gasteiger partial charge in [0, 0.05) is 24.7 Å². The van der Waals surface area contributed by atoms with E-state index in [-0.39, 0.29) is 5.84 Å². The molecule has 0 spiro atoms. The van der Waals surface area contributed by atoms with Gasteiger partial charge >= 0.3 is 0 Å². The van der Waals surface area contributed by atoms with Gasteiger partial charge in [0.05, 0.1) is 5.84 Å². The molecular formula is C14H23N3. The van der Waals surface area contributed by atoms with Crippen LogP contribution < -0.4 is 10.6 Å². The van der Waals surface area contributed by atoms with Gasteiger partial charge in [0.1, 0.15) is 0 Å². The zero-order chi connectivity index (χ0) is 12.7. The number of nitrogens with two attached hydrogens (primary N) is 1. The lowest BCUT2D eigenvalue weighted by molar-refractivity contribution is 0.584. The molecule has 3 heteroatoms. The zero-order valence-electron chi connectivity index (χ0n) is 10.8.